The third kappa shape index (κ3) is 6.49. The summed E-state index contributed by atoms with van der Waals surface area (Å²) in [5.41, 5.74) is 0.784. The average molecular weight is 375 g/mol. The Kier molecular flexibility index (Phi) is 7.56. The molecular weight excluding hydrogens is 353 g/mol. The monoisotopic (exact) mass is 375 g/mol. The second kappa shape index (κ2) is 8.66. The molecule has 0 bridgehead atoms. The summed E-state index contributed by atoms with van der Waals surface area (Å²) in [6.07, 6.45) is 0. The third-order valence-corrected chi connectivity index (χ3v) is 3.49. The van der Waals surface area contributed by atoms with Crippen LogP contribution in [0.15, 0.2) is 24.3 Å². The van der Waals surface area contributed by atoms with Gasteiger partial charge in [0.25, 0.3) is 0 Å². The van der Waals surface area contributed by atoms with Gasteiger partial charge in [0.1, 0.15) is 0 Å². The van der Waals surface area contributed by atoms with Crippen LogP contribution >= 0.6 is 22.6 Å². The fourth-order valence-electron chi connectivity index (χ4n) is 1.90. The lowest BCUT2D eigenvalue weighted by Gasteiger charge is -2.23. The summed E-state index contributed by atoms with van der Waals surface area (Å²) >= 11 is 2.24. The van der Waals surface area contributed by atoms with Crippen LogP contribution in [-0.2, 0) is 4.74 Å². The molecule has 0 amide bonds. The van der Waals surface area contributed by atoms with Crippen LogP contribution in [0.25, 0.3) is 0 Å². The number of carbonyl (C=O) groups excluding carboxylic acids is 1. The Labute approximate surface area is 129 Å². The standard InChI is InChI=1S/C15H22INO2/c1-12(2)10-17(8-9-19-3)11-15(18)13-4-6-14(16)7-5-13/h4-7,12H,8-11H2,1-3H3. The lowest BCUT2D eigenvalue weighted by Crippen LogP contribution is -2.35. The van der Waals surface area contributed by atoms with E-state index < -0.39 is 0 Å². The predicted octanol–water partition coefficient (Wildman–Crippen LogP) is 3.08. The molecule has 0 saturated carbocycles. The summed E-state index contributed by atoms with van der Waals surface area (Å²) in [5.74, 6) is 0.717. The van der Waals surface area contributed by atoms with Gasteiger partial charge in [0.15, 0.2) is 5.78 Å². The van der Waals surface area contributed by atoms with Crippen molar-refractivity contribution in [2.75, 3.05) is 33.4 Å². The highest BCUT2D eigenvalue weighted by molar-refractivity contribution is 14.1. The molecule has 0 aliphatic heterocycles. The van der Waals surface area contributed by atoms with E-state index in [-0.39, 0.29) is 5.78 Å². The first-order valence-corrected chi connectivity index (χ1v) is 7.61. The molecule has 1 rings (SSSR count). The Morgan fingerprint density at radius 1 is 1.32 bits per heavy atom. The number of benzene rings is 1. The van der Waals surface area contributed by atoms with Gasteiger partial charge in [0.05, 0.1) is 13.2 Å². The molecule has 106 valence electrons. The van der Waals surface area contributed by atoms with Crippen LogP contribution in [-0.4, -0.2) is 44.0 Å². The van der Waals surface area contributed by atoms with Crippen molar-refractivity contribution >= 4 is 28.4 Å². The van der Waals surface area contributed by atoms with Gasteiger partial charge in [-0.1, -0.05) is 26.0 Å². The topological polar surface area (TPSA) is 29.5 Å². The number of carbonyl (C=O) groups is 1. The van der Waals surface area contributed by atoms with E-state index in [1.165, 1.54) is 0 Å². The summed E-state index contributed by atoms with van der Waals surface area (Å²) in [6.45, 7) is 7.16. The van der Waals surface area contributed by atoms with E-state index in [2.05, 4.69) is 41.3 Å². The number of Topliss-reactive ketones (excluding diaryl/α,β-unsaturated/α-hetero) is 1. The van der Waals surface area contributed by atoms with Crippen molar-refractivity contribution in [3.8, 4) is 0 Å². The Balaban J connectivity index is 2.61. The molecule has 0 atom stereocenters. The first kappa shape index (κ1) is 16.6. The number of nitrogens with zero attached hydrogens (tertiary/aromatic N) is 1. The van der Waals surface area contributed by atoms with Gasteiger partial charge in [-0.2, -0.15) is 0 Å². The van der Waals surface area contributed by atoms with Crippen molar-refractivity contribution in [3.63, 3.8) is 0 Å². The second-order valence-corrected chi connectivity index (χ2v) is 6.30. The third-order valence-electron chi connectivity index (χ3n) is 2.77. The van der Waals surface area contributed by atoms with Gasteiger partial charge in [-0.3, -0.25) is 9.69 Å². The zero-order valence-electron chi connectivity index (χ0n) is 11.9. The van der Waals surface area contributed by atoms with Crippen LogP contribution in [0.2, 0.25) is 0 Å². The van der Waals surface area contributed by atoms with Crippen molar-refractivity contribution in [2.24, 2.45) is 5.92 Å². The largest absolute Gasteiger partial charge is 0.383 e. The Morgan fingerprint density at radius 2 is 1.95 bits per heavy atom. The molecule has 0 unspecified atom stereocenters. The van der Waals surface area contributed by atoms with E-state index in [4.69, 9.17) is 4.74 Å². The quantitative estimate of drug-likeness (QED) is 0.517. The highest BCUT2D eigenvalue weighted by Gasteiger charge is 2.13. The van der Waals surface area contributed by atoms with Crippen LogP contribution < -0.4 is 0 Å². The fourth-order valence-corrected chi connectivity index (χ4v) is 2.26. The molecular formula is C15H22INO2. The summed E-state index contributed by atoms with van der Waals surface area (Å²) in [5, 5.41) is 0. The molecule has 0 N–H and O–H groups in total. The van der Waals surface area contributed by atoms with Crippen LogP contribution in [0, 0.1) is 9.49 Å². The summed E-state index contributed by atoms with van der Waals surface area (Å²) < 4.78 is 6.25. The predicted molar refractivity (Wildman–Crippen MR) is 86.6 cm³/mol. The van der Waals surface area contributed by atoms with Gasteiger partial charge in [-0.25, -0.2) is 0 Å². The number of methoxy groups -OCH3 is 1. The van der Waals surface area contributed by atoms with E-state index >= 15 is 0 Å². The summed E-state index contributed by atoms with van der Waals surface area (Å²) in [7, 11) is 1.69. The maximum Gasteiger partial charge on any atom is 0.176 e. The van der Waals surface area contributed by atoms with Gasteiger partial charge < -0.3 is 4.74 Å². The molecule has 0 heterocycles. The molecule has 3 nitrogen and oxygen atoms in total. The number of hydrogen-bond acceptors (Lipinski definition) is 3. The summed E-state index contributed by atoms with van der Waals surface area (Å²) in [6, 6.07) is 7.73. The van der Waals surface area contributed by atoms with E-state index in [1.807, 2.05) is 24.3 Å². The number of hydrogen-bond donors (Lipinski definition) is 0. The van der Waals surface area contributed by atoms with E-state index in [9.17, 15) is 4.79 Å². The lowest BCUT2D eigenvalue weighted by atomic mass is 10.1. The van der Waals surface area contributed by atoms with Crippen LogP contribution in [0.4, 0.5) is 0 Å². The van der Waals surface area contributed by atoms with Crippen molar-refractivity contribution in [2.45, 2.75) is 13.8 Å². The number of rotatable bonds is 8. The molecule has 1 aromatic carbocycles. The molecule has 0 aromatic heterocycles. The maximum absolute atomic E-state index is 12.2. The number of ketones is 1. The molecule has 0 radical (unpaired) electrons. The van der Waals surface area contributed by atoms with E-state index in [1.54, 1.807) is 7.11 Å². The Morgan fingerprint density at radius 3 is 2.47 bits per heavy atom. The zero-order valence-corrected chi connectivity index (χ0v) is 14.0. The van der Waals surface area contributed by atoms with Gasteiger partial charge in [-0.05, 0) is 40.6 Å². The first-order chi connectivity index (χ1) is 9.02. The second-order valence-electron chi connectivity index (χ2n) is 5.05. The van der Waals surface area contributed by atoms with Crippen LogP contribution in [0.3, 0.4) is 0 Å². The van der Waals surface area contributed by atoms with Gasteiger partial charge >= 0.3 is 0 Å². The molecule has 0 saturated heterocycles. The fraction of sp³-hybridized carbons (Fsp3) is 0.533. The molecule has 1 aromatic rings. The normalized spacial score (nSPS) is 11.3. The van der Waals surface area contributed by atoms with Gasteiger partial charge in [0.2, 0.25) is 0 Å². The van der Waals surface area contributed by atoms with E-state index in [0.29, 0.717) is 19.1 Å². The SMILES string of the molecule is COCCN(CC(=O)c1ccc(I)cc1)CC(C)C. The van der Waals surface area contributed by atoms with Crippen LogP contribution in [0.5, 0.6) is 0 Å². The van der Waals surface area contributed by atoms with Gasteiger partial charge in [0, 0.05) is 29.3 Å². The Hall–Kier alpha value is -0.460. The smallest absolute Gasteiger partial charge is 0.176 e. The zero-order chi connectivity index (χ0) is 14.3. The van der Waals surface area contributed by atoms with Crippen molar-refractivity contribution in [3.05, 3.63) is 33.4 Å². The molecule has 19 heavy (non-hydrogen) atoms. The number of halogens is 1. The highest BCUT2D eigenvalue weighted by atomic mass is 127. The maximum atomic E-state index is 12.2. The molecule has 4 heteroatoms. The minimum absolute atomic E-state index is 0.174. The number of ether oxygens (including phenoxy) is 1. The molecule has 0 spiro atoms. The highest BCUT2D eigenvalue weighted by Crippen LogP contribution is 2.09. The van der Waals surface area contributed by atoms with Crippen molar-refractivity contribution < 1.29 is 9.53 Å². The van der Waals surface area contributed by atoms with Crippen LogP contribution in [0.1, 0.15) is 24.2 Å². The van der Waals surface area contributed by atoms with Crippen molar-refractivity contribution in [1.29, 1.82) is 0 Å². The minimum Gasteiger partial charge on any atom is -0.383 e. The van der Waals surface area contributed by atoms with E-state index in [0.717, 1.165) is 22.2 Å². The lowest BCUT2D eigenvalue weighted by molar-refractivity contribution is 0.0881. The first-order valence-electron chi connectivity index (χ1n) is 6.53. The summed E-state index contributed by atoms with van der Waals surface area (Å²) in [4.78, 5) is 14.4. The molecule has 0 aliphatic carbocycles. The Bertz CT molecular complexity index is 390. The molecule has 0 fully saturated rings. The molecule has 0 aliphatic rings. The average Bonchev–Trinajstić information content (AvgIpc) is 2.36. The minimum atomic E-state index is 0.174. The van der Waals surface area contributed by atoms with Gasteiger partial charge in [-0.15, -0.1) is 0 Å². The van der Waals surface area contributed by atoms with Crippen molar-refractivity contribution in [1.82, 2.24) is 4.90 Å².